The molecule has 3 aromatic rings. The van der Waals surface area contributed by atoms with Crippen LogP contribution in [0, 0.1) is 6.92 Å². The fourth-order valence-corrected chi connectivity index (χ4v) is 3.27. The van der Waals surface area contributed by atoms with E-state index < -0.39 is 0 Å². The SMILES string of the molecule is CCC(CNC(=NCc1ccccc1)NCc1nnc(C)n1C)c1ccc(Cl)cc1. The van der Waals surface area contributed by atoms with Gasteiger partial charge in [0.2, 0.25) is 0 Å². The van der Waals surface area contributed by atoms with Gasteiger partial charge in [-0.05, 0) is 36.6 Å². The highest BCUT2D eigenvalue weighted by Crippen LogP contribution is 2.20. The van der Waals surface area contributed by atoms with Crippen LogP contribution in [0.2, 0.25) is 5.02 Å². The minimum Gasteiger partial charge on any atom is -0.356 e. The van der Waals surface area contributed by atoms with Crippen LogP contribution in [0.3, 0.4) is 0 Å². The number of hydrogen-bond acceptors (Lipinski definition) is 3. The van der Waals surface area contributed by atoms with Gasteiger partial charge >= 0.3 is 0 Å². The molecule has 158 valence electrons. The van der Waals surface area contributed by atoms with Gasteiger partial charge in [-0.2, -0.15) is 0 Å². The molecule has 0 amide bonds. The second-order valence-corrected chi connectivity index (χ2v) is 7.70. The zero-order valence-electron chi connectivity index (χ0n) is 17.8. The summed E-state index contributed by atoms with van der Waals surface area (Å²) in [7, 11) is 1.97. The van der Waals surface area contributed by atoms with Crippen LogP contribution in [0.25, 0.3) is 0 Å². The van der Waals surface area contributed by atoms with E-state index in [9.17, 15) is 0 Å². The predicted molar refractivity (Wildman–Crippen MR) is 123 cm³/mol. The van der Waals surface area contributed by atoms with Crippen LogP contribution >= 0.6 is 11.6 Å². The Balaban J connectivity index is 1.69. The summed E-state index contributed by atoms with van der Waals surface area (Å²) in [6, 6.07) is 18.3. The van der Waals surface area contributed by atoms with E-state index in [0.717, 1.165) is 41.2 Å². The first-order valence-corrected chi connectivity index (χ1v) is 10.6. The maximum absolute atomic E-state index is 6.04. The summed E-state index contributed by atoms with van der Waals surface area (Å²) < 4.78 is 1.98. The molecule has 1 unspecified atom stereocenters. The Morgan fingerprint density at radius 3 is 2.43 bits per heavy atom. The van der Waals surface area contributed by atoms with Crippen LogP contribution in [-0.2, 0) is 20.1 Å². The van der Waals surface area contributed by atoms with E-state index in [1.165, 1.54) is 5.56 Å². The van der Waals surface area contributed by atoms with Gasteiger partial charge in [-0.1, -0.05) is 61.0 Å². The quantitative estimate of drug-likeness (QED) is 0.420. The van der Waals surface area contributed by atoms with Crippen molar-refractivity contribution in [1.29, 1.82) is 0 Å². The molecule has 0 aliphatic rings. The van der Waals surface area contributed by atoms with Gasteiger partial charge in [0.05, 0.1) is 13.1 Å². The zero-order valence-corrected chi connectivity index (χ0v) is 18.5. The van der Waals surface area contributed by atoms with Crippen molar-refractivity contribution in [2.75, 3.05) is 6.54 Å². The van der Waals surface area contributed by atoms with E-state index in [4.69, 9.17) is 16.6 Å². The summed E-state index contributed by atoms with van der Waals surface area (Å²) in [4.78, 5) is 4.78. The number of halogens is 1. The van der Waals surface area contributed by atoms with Crippen molar-refractivity contribution in [3.05, 3.63) is 82.4 Å². The van der Waals surface area contributed by atoms with Gasteiger partial charge < -0.3 is 15.2 Å². The van der Waals surface area contributed by atoms with Gasteiger partial charge in [0.25, 0.3) is 0 Å². The van der Waals surface area contributed by atoms with Gasteiger partial charge in [-0.3, -0.25) is 0 Å². The van der Waals surface area contributed by atoms with Crippen molar-refractivity contribution < 1.29 is 0 Å². The molecule has 2 N–H and O–H groups in total. The smallest absolute Gasteiger partial charge is 0.191 e. The second kappa shape index (κ2) is 10.8. The number of guanidine groups is 1. The first-order chi connectivity index (χ1) is 14.6. The normalized spacial score (nSPS) is 12.6. The Kier molecular flexibility index (Phi) is 7.85. The predicted octanol–water partition coefficient (Wildman–Crippen LogP) is 4.21. The summed E-state index contributed by atoms with van der Waals surface area (Å²) >= 11 is 6.04. The number of nitrogens with zero attached hydrogens (tertiary/aromatic N) is 4. The molecule has 6 nitrogen and oxygen atoms in total. The second-order valence-electron chi connectivity index (χ2n) is 7.26. The van der Waals surface area contributed by atoms with E-state index >= 15 is 0 Å². The Bertz CT molecular complexity index is 950. The standard InChI is InChI=1S/C23H29ClN6/c1-4-19(20-10-12-21(24)13-11-20)15-26-23(25-14-18-8-6-5-7-9-18)27-16-22-29-28-17(2)30(22)3/h5-13,19H,4,14-16H2,1-3H3,(H2,25,26,27). The minimum absolute atomic E-state index is 0.364. The molecular weight excluding hydrogens is 396 g/mol. The number of benzene rings is 2. The maximum Gasteiger partial charge on any atom is 0.191 e. The lowest BCUT2D eigenvalue weighted by Gasteiger charge is -2.19. The van der Waals surface area contributed by atoms with Gasteiger partial charge in [-0.25, -0.2) is 4.99 Å². The van der Waals surface area contributed by atoms with Crippen LogP contribution in [0.15, 0.2) is 59.6 Å². The fraction of sp³-hybridized carbons (Fsp3) is 0.348. The van der Waals surface area contributed by atoms with Gasteiger partial charge in [-0.15, -0.1) is 10.2 Å². The monoisotopic (exact) mass is 424 g/mol. The van der Waals surface area contributed by atoms with Crippen LogP contribution < -0.4 is 10.6 Å². The lowest BCUT2D eigenvalue weighted by atomic mass is 9.96. The Hall–Kier alpha value is -2.86. The molecule has 1 aromatic heterocycles. The molecule has 3 rings (SSSR count). The molecule has 0 aliphatic carbocycles. The highest BCUT2D eigenvalue weighted by molar-refractivity contribution is 6.30. The molecule has 0 aliphatic heterocycles. The molecule has 2 aromatic carbocycles. The average Bonchev–Trinajstić information content (AvgIpc) is 3.09. The molecule has 1 atom stereocenters. The van der Waals surface area contributed by atoms with E-state index in [0.29, 0.717) is 19.0 Å². The molecule has 0 radical (unpaired) electrons. The summed E-state index contributed by atoms with van der Waals surface area (Å²) in [5.41, 5.74) is 2.43. The molecule has 0 saturated heterocycles. The number of aliphatic imine (C=N–C) groups is 1. The Morgan fingerprint density at radius 1 is 1.07 bits per heavy atom. The summed E-state index contributed by atoms with van der Waals surface area (Å²) in [6.45, 7) is 6.06. The van der Waals surface area contributed by atoms with Crippen LogP contribution in [0.4, 0.5) is 0 Å². The summed E-state index contributed by atoms with van der Waals surface area (Å²) in [6.07, 6.45) is 1.02. The van der Waals surface area contributed by atoms with E-state index in [1.807, 2.05) is 48.9 Å². The first kappa shape index (κ1) is 21.8. The third-order valence-electron chi connectivity index (χ3n) is 5.21. The number of nitrogens with one attached hydrogen (secondary N) is 2. The summed E-state index contributed by atoms with van der Waals surface area (Å²) in [5.74, 6) is 2.87. The highest BCUT2D eigenvalue weighted by atomic mass is 35.5. The van der Waals surface area contributed by atoms with Crippen LogP contribution in [0.1, 0.15) is 42.0 Å². The highest BCUT2D eigenvalue weighted by Gasteiger charge is 2.12. The third kappa shape index (κ3) is 6.07. The molecule has 30 heavy (non-hydrogen) atoms. The van der Waals surface area contributed by atoms with E-state index in [1.54, 1.807) is 0 Å². The maximum atomic E-state index is 6.04. The van der Waals surface area contributed by atoms with Crippen molar-refractivity contribution in [3.63, 3.8) is 0 Å². The fourth-order valence-electron chi connectivity index (χ4n) is 3.15. The molecule has 0 spiro atoms. The molecule has 1 heterocycles. The molecule has 0 bridgehead atoms. The van der Waals surface area contributed by atoms with Crippen molar-refractivity contribution in [3.8, 4) is 0 Å². The number of aromatic nitrogens is 3. The number of aryl methyl sites for hydroxylation is 1. The summed E-state index contributed by atoms with van der Waals surface area (Å²) in [5, 5.41) is 16.0. The number of hydrogen-bond donors (Lipinski definition) is 2. The van der Waals surface area contributed by atoms with Gasteiger partial charge in [0.1, 0.15) is 5.82 Å². The van der Waals surface area contributed by atoms with Crippen molar-refractivity contribution in [1.82, 2.24) is 25.4 Å². The topological polar surface area (TPSA) is 67.1 Å². The number of rotatable bonds is 8. The van der Waals surface area contributed by atoms with Crippen molar-refractivity contribution in [2.45, 2.75) is 39.3 Å². The van der Waals surface area contributed by atoms with Crippen molar-refractivity contribution >= 4 is 17.6 Å². The largest absolute Gasteiger partial charge is 0.356 e. The minimum atomic E-state index is 0.364. The molecule has 7 heteroatoms. The zero-order chi connectivity index (χ0) is 21.3. The van der Waals surface area contributed by atoms with Crippen LogP contribution in [-0.4, -0.2) is 27.3 Å². The average molecular weight is 425 g/mol. The first-order valence-electron chi connectivity index (χ1n) is 10.2. The van der Waals surface area contributed by atoms with E-state index in [2.05, 4.69) is 52.0 Å². The Morgan fingerprint density at radius 2 is 1.80 bits per heavy atom. The molecule has 0 fully saturated rings. The van der Waals surface area contributed by atoms with Crippen molar-refractivity contribution in [2.24, 2.45) is 12.0 Å². The molecular formula is C23H29ClN6. The lowest BCUT2D eigenvalue weighted by molar-refractivity contribution is 0.624. The molecule has 0 saturated carbocycles. The van der Waals surface area contributed by atoms with E-state index in [-0.39, 0.29) is 0 Å². The lowest BCUT2D eigenvalue weighted by Crippen LogP contribution is -2.39. The Labute approximate surface area is 183 Å². The van der Waals surface area contributed by atoms with Gasteiger partial charge in [0.15, 0.2) is 11.8 Å². The van der Waals surface area contributed by atoms with Gasteiger partial charge in [0, 0.05) is 24.5 Å². The third-order valence-corrected chi connectivity index (χ3v) is 5.46. The van der Waals surface area contributed by atoms with Crippen LogP contribution in [0.5, 0.6) is 0 Å².